The van der Waals surface area contributed by atoms with Gasteiger partial charge in [0.15, 0.2) is 0 Å². The van der Waals surface area contributed by atoms with Gasteiger partial charge >= 0.3 is 0 Å². The predicted molar refractivity (Wildman–Crippen MR) is 91.6 cm³/mol. The molecule has 0 saturated carbocycles. The summed E-state index contributed by atoms with van der Waals surface area (Å²) in [7, 11) is 0. The van der Waals surface area contributed by atoms with E-state index in [1.807, 2.05) is 4.52 Å². The zero-order valence-corrected chi connectivity index (χ0v) is 13.8. The van der Waals surface area contributed by atoms with Gasteiger partial charge in [-0.25, -0.2) is 9.50 Å². The molecular weight excluding hydrogens is 290 g/mol. The largest absolute Gasteiger partial charge is 0.217 e. The van der Waals surface area contributed by atoms with Gasteiger partial charge in [-0.2, -0.15) is 5.10 Å². The number of aromatic nitrogens is 3. The van der Waals surface area contributed by atoms with Crippen LogP contribution in [-0.2, 0) is 19.3 Å². The van der Waals surface area contributed by atoms with Gasteiger partial charge in [0.05, 0.1) is 11.9 Å². The van der Waals surface area contributed by atoms with Gasteiger partial charge in [0.1, 0.15) is 5.01 Å². The van der Waals surface area contributed by atoms with Crippen LogP contribution in [0.3, 0.4) is 0 Å². The molecule has 0 amide bonds. The number of aryl methyl sites for hydroxylation is 3. The molecule has 2 heterocycles. The number of benzene rings is 1. The monoisotopic (exact) mass is 311 g/mol. The maximum Gasteiger partial charge on any atom is 0.212 e. The van der Waals surface area contributed by atoms with E-state index in [0.717, 1.165) is 17.1 Å². The van der Waals surface area contributed by atoms with E-state index >= 15 is 0 Å². The van der Waals surface area contributed by atoms with Crippen LogP contribution in [0.2, 0.25) is 0 Å². The molecule has 1 aliphatic rings. The molecule has 4 rings (SSSR count). The van der Waals surface area contributed by atoms with Gasteiger partial charge in [-0.05, 0) is 49.3 Å². The lowest BCUT2D eigenvalue weighted by Gasteiger charge is -2.15. The van der Waals surface area contributed by atoms with Gasteiger partial charge in [-0.3, -0.25) is 0 Å². The van der Waals surface area contributed by atoms with E-state index in [1.165, 1.54) is 60.2 Å². The third-order valence-corrected chi connectivity index (χ3v) is 5.46. The summed E-state index contributed by atoms with van der Waals surface area (Å²) in [6, 6.07) is 6.84. The number of rotatable bonds is 4. The number of imidazole rings is 1. The average Bonchev–Trinajstić information content (AvgIpc) is 3.11. The SMILES string of the molecule is CCCCc1nn2cc(-c3ccc4c(c3)CCCC4)nc2s1. The second-order valence-corrected chi connectivity index (χ2v) is 7.18. The van der Waals surface area contributed by atoms with Gasteiger partial charge in [0, 0.05) is 12.0 Å². The first-order chi connectivity index (χ1) is 10.8. The second-order valence-electron chi connectivity index (χ2n) is 6.14. The molecule has 2 aromatic heterocycles. The van der Waals surface area contributed by atoms with Crippen molar-refractivity contribution < 1.29 is 0 Å². The molecular formula is C18H21N3S. The smallest absolute Gasteiger partial charge is 0.212 e. The van der Waals surface area contributed by atoms with Crippen molar-refractivity contribution in [3.8, 4) is 11.3 Å². The summed E-state index contributed by atoms with van der Waals surface area (Å²) in [5, 5.41) is 5.85. The molecule has 0 unspecified atom stereocenters. The Morgan fingerprint density at radius 3 is 2.86 bits per heavy atom. The van der Waals surface area contributed by atoms with Crippen molar-refractivity contribution in [3.63, 3.8) is 0 Å². The standard InChI is InChI=1S/C18H21N3S/c1-2-3-8-17-20-21-12-16(19-18(21)22-17)15-10-9-13-6-4-5-7-14(13)11-15/h9-12H,2-8H2,1H3. The summed E-state index contributed by atoms with van der Waals surface area (Å²) >= 11 is 1.72. The summed E-state index contributed by atoms with van der Waals surface area (Å²) in [5.74, 6) is 0. The highest BCUT2D eigenvalue weighted by Gasteiger charge is 2.13. The predicted octanol–water partition coefficient (Wildman–Crippen LogP) is 4.68. The number of hydrogen-bond acceptors (Lipinski definition) is 3. The van der Waals surface area contributed by atoms with Crippen LogP contribution in [0.25, 0.3) is 16.2 Å². The van der Waals surface area contributed by atoms with E-state index < -0.39 is 0 Å². The number of unbranched alkanes of at least 4 members (excludes halogenated alkanes) is 1. The van der Waals surface area contributed by atoms with Crippen LogP contribution >= 0.6 is 11.3 Å². The molecule has 22 heavy (non-hydrogen) atoms. The molecule has 114 valence electrons. The first-order valence-electron chi connectivity index (χ1n) is 8.31. The lowest BCUT2D eigenvalue weighted by molar-refractivity contribution is 0.686. The van der Waals surface area contributed by atoms with E-state index in [2.05, 4.69) is 36.4 Å². The highest BCUT2D eigenvalue weighted by Crippen LogP contribution is 2.28. The Balaban J connectivity index is 1.64. The van der Waals surface area contributed by atoms with Crippen molar-refractivity contribution in [1.29, 1.82) is 0 Å². The highest BCUT2D eigenvalue weighted by atomic mass is 32.1. The maximum absolute atomic E-state index is 4.78. The summed E-state index contributed by atoms with van der Waals surface area (Å²) < 4.78 is 1.95. The Labute approximate surface area is 135 Å². The van der Waals surface area contributed by atoms with E-state index in [1.54, 1.807) is 11.3 Å². The molecule has 0 saturated heterocycles. The van der Waals surface area contributed by atoms with Crippen molar-refractivity contribution in [3.05, 3.63) is 40.5 Å². The van der Waals surface area contributed by atoms with Gasteiger partial charge in [0.25, 0.3) is 0 Å². The lowest BCUT2D eigenvalue weighted by atomic mass is 9.90. The molecule has 3 aromatic rings. The molecule has 0 N–H and O–H groups in total. The first-order valence-corrected chi connectivity index (χ1v) is 9.12. The number of nitrogens with zero attached hydrogens (tertiary/aromatic N) is 3. The maximum atomic E-state index is 4.78. The molecule has 1 aromatic carbocycles. The van der Waals surface area contributed by atoms with E-state index in [9.17, 15) is 0 Å². The zero-order chi connectivity index (χ0) is 14.9. The normalized spacial score (nSPS) is 14.4. The van der Waals surface area contributed by atoms with Gasteiger partial charge in [-0.15, -0.1) is 0 Å². The molecule has 4 heteroatoms. The van der Waals surface area contributed by atoms with Crippen LogP contribution in [-0.4, -0.2) is 14.6 Å². The summed E-state index contributed by atoms with van der Waals surface area (Å²) in [5.41, 5.74) is 5.32. The number of hydrogen-bond donors (Lipinski definition) is 0. The molecule has 0 atom stereocenters. The third-order valence-electron chi connectivity index (χ3n) is 4.47. The molecule has 1 aliphatic carbocycles. The second kappa shape index (κ2) is 5.84. The van der Waals surface area contributed by atoms with Crippen LogP contribution in [0, 0.1) is 0 Å². The van der Waals surface area contributed by atoms with Crippen molar-refractivity contribution >= 4 is 16.3 Å². The fourth-order valence-electron chi connectivity index (χ4n) is 3.20. The molecule has 0 bridgehead atoms. The Morgan fingerprint density at radius 1 is 1.18 bits per heavy atom. The van der Waals surface area contributed by atoms with Crippen LogP contribution in [0.5, 0.6) is 0 Å². The van der Waals surface area contributed by atoms with Crippen molar-refractivity contribution in [1.82, 2.24) is 14.6 Å². The Morgan fingerprint density at radius 2 is 2.05 bits per heavy atom. The van der Waals surface area contributed by atoms with Crippen LogP contribution in [0.1, 0.15) is 48.7 Å². The topological polar surface area (TPSA) is 30.2 Å². The highest BCUT2D eigenvalue weighted by molar-refractivity contribution is 7.16. The average molecular weight is 311 g/mol. The Kier molecular flexibility index (Phi) is 3.70. The third kappa shape index (κ3) is 2.56. The van der Waals surface area contributed by atoms with Gasteiger partial charge in [0.2, 0.25) is 4.96 Å². The lowest BCUT2D eigenvalue weighted by Crippen LogP contribution is -2.02. The molecule has 0 radical (unpaired) electrons. The molecule has 0 aliphatic heterocycles. The Hall–Kier alpha value is -1.68. The van der Waals surface area contributed by atoms with Crippen molar-refractivity contribution in [2.45, 2.75) is 51.9 Å². The van der Waals surface area contributed by atoms with Crippen LogP contribution in [0.4, 0.5) is 0 Å². The first kappa shape index (κ1) is 13.9. The Bertz CT molecular complexity index is 768. The van der Waals surface area contributed by atoms with Crippen LogP contribution in [0.15, 0.2) is 24.4 Å². The fourth-order valence-corrected chi connectivity index (χ4v) is 4.12. The quantitative estimate of drug-likeness (QED) is 0.700. The van der Waals surface area contributed by atoms with Crippen molar-refractivity contribution in [2.75, 3.05) is 0 Å². The molecule has 0 fully saturated rings. The van der Waals surface area contributed by atoms with E-state index in [0.29, 0.717) is 0 Å². The van der Waals surface area contributed by atoms with E-state index in [4.69, 9.17) is 4.98 Å². The summed E-state index contributed by atoms with van der Waals surface area (Å²) in [6.07, 6.45) is 10.6. The van der Waals surface area contributed by atoms with Crippen LogP contribution < -0.4 is 0 Å². The van der Waals surface area contributed by atoms with Gasteiger partial charge in [-0.1, -0.05) is 36.8 Å². The fraction of sp³-hybridized carbons (Fsp3) is 0.444. The minimum absolute atomic E-state index is 1.01. The number of fused-ring (bicyclic) bond motifs is 2. The molecule has 0 spiro atoms. The molecule has 3 nitrogen and oxygen atoms in total. The minimum Gasteiger partial charge on any atom is -0.217 e. The summed E-state index contributed by atoms with van der Waals surface area (Å²) in [6.45, 7) is 2.22. The summed E-state index contributed by atoms with van der Waals surface area (Å²) in [4.78, 5) is 5.79. The zero-order valence-electron chi connectivity index (χ0n) is 13.0. The van der Waals surface area contributed by atoms with Crippen molar-refractivity contribution in [2.24, 2.45) is 0 Å². The van der Waals surface area contributed by atoms with E-state index in [-0.39, 0.29) is 0 Å². The van der Waals surface area contributed by atoms with Gasteiger partial charge < -0.3 is 0 Å². The minimum atomic E-state index is 1.01.